The summed E-state index contributed by atoms with van der Waals surface area (Å²) in [5.74, 6) is 6.15. The van der Waals surface area contributed by atoms with Crippen molar-refractivity contribution in [3.05, 3.63) is 35.4 Å². The van der Waals surface area contributed by atoms with Gasteiger partial charge in [0.15, 0.2) is 0 Å². The van der Waals surface area contributed by atoms with Gasteiger partial charge in [0.2, 0.25) is 0 Å². The monoisotopic (exact) mass is 212 g/mol. The summed E-state index contributed by atoms with van der Waals surface area (Å²) in [4.78, 5) is 0. The quantitative estimate of drug-likeness (QED) is 0.564. The van der Waals surface area contributed by atoms with Gasteiger partial charge in [0.1, 0.15) is 0 Å². The molecule has 0 radical (unpaired) electrons. The van der Waals surface area contributed by atoms with Crippen LogP contribution in [0.1, 0.15) is 24.0 Å². The minimum Gasteiger partial charge on any atom is -0.205 e. The molecule has 0 atom stereocenters. The topological polar surface area (TPSA) is 0 Å². The number of benzene rings is 1. The first-order chi connectivity index (χ1) is 6.75. The molecule has 0 saturated carbocycles. The average molecular weight is 212 g/mol. The summed E-state index contributed by atoms with van der Waals surface area (Å²) in [7, 11) is 0. The Labute approximate surface area is 87.7 Å². The third-order valence-corrected chi connectivity index (χ3v) is 1.88. The van der Waals surface area contributed by atoms with Gasteiger partial charge in [-0.15, -0.1) is 0 Å². The summed E-state index contributed by atoms with van der Waals surface area (Å²) in [5, 5.41) is 0. The highest BCUT2D eigenvalue weighted by molar-refractivity contribution is 7.80. The molecule has 0 bridgehead atoms. The predicted octanol–water partition coefficient (Wildman–Crippen LogP) is 3.30. The molecule has 0 saturated heterocycles. The molecule has 1 rings (SSSR count). The first-order valence-corrected chi connectivity index (χ1v) is 4.85. The number of hydrogen-bond acceptors (Lipinski definition) is 1. The van der Waals surface area contributed by atoms with E-state index in [1.165, 1.54) is 6.07 Å². The van der Waals surface area contributed by atoms with Crippen LogP contribution in [0.25, 0.3) is 0 Å². The van der Waals surface area contributed by atoms with E-state index in [-0.39, 0.29) is 5.56 Å². The molecule has 0 amide bonds. The highest BCUT2D eigenvalue weighted by Crippen LogP contribution is 2.21. The lowest BCUT2D eigenvalue weighted by molar-refractivity contribution is 0.151. The van der Waals surface area contributed by atoms with Crippen molar-refractivity contribution in [2.45, 2.75) is 12.8 Å². The Bertz CT molecular complexity index is 350. The summed E-state index contributed by atoms with van der Waals surface area (Å²) >= 11 is 3.98. The van der Waals surface area contributed by atoms with Crippen molar-refractivity contribution in [2.24, 2.45) is 0 Å². The summed E-state index contributed by atoms with van der Waals surface area (Å²) in [6.45, 7) is 0. The van der Waals surface area contributed by atoms with Crippen LogP contribution in [-0.2, 0) is 0 Å². The van der Waals surface area contributed by atoms with Gasteiger partial charge in [-0.1, -0.05) is 30.0 Å². The summed E-state index contributed by atoms with van der Waals surface area (Å²) in [5.41, 5.74) is 0.406. The number of thiol groups is 1. The second kappa shape index (κ2) is 5.66. The molecule has 14 heavy (non-hydrogen) atoms. The minimum atomic E-state index is -2.46. The standard InChI is InChI=1S/C11H10F2S/c12-11(13)10-7-2-1-5-9(10)6-3-4-8-14/h1-2,5,7,11,14H,4,8H2. The van der Waals surface area contributed by atoms with E-state index in [1.807, 2.05) is 0 Å². The van der Waals surface area contributed by atoms with Crippen LogP contribution in [0.15, 0.2) is 24.3 Å². The Balaban J connectivity index is 2.92. The summed E-state index contributed by atoms with van der Waals surface area (Å²) in [6, 6.07) is 6.30. The molecule has 0 aliphatic heterocycles. The first kappa shape index (κ1) is 11.1. The molecule has 0 heterocycles. The lowest BCUT2D eigenvalue weighted by atomic mass is 10.1. The molecule has 74 valence electrons. The fourth-order valence-electron chi connectivity index (χ4n) is 1.01. The van der Waals surface area contributed by atoms with Crippen LogP contribution in [0.5, 0.6) is 0 Å². The van der Waals surface area contributed by atoms with Crippen LogP contribution >= 0.6 is 12.6 Å². The third kappa shape index (κ3) is 3.04. The van der Waals surface area contributed by atoms with Gasteiger partial charge in [-0.3, -0.25) is 0 Å². The second-order valence-corrected chi connectivity index (χ2v) is 3.11. The maximum Gasteiger partial charge on any atom is 0.265 e. The van der Waals surface area contributed by atoms with Crippen molar-refractivity contribution in [1.82, 2.24) is 0 Å². The van der Waals surface area contributed by atoms with Gasteiger partial charge in [0.25, 0.3) is 6.43 Å². The van der Waals surface area contributed by atoms with E-state index >= 15 is 0 Å². The van der Waals surface area contributed by atoms with Gasteiger partial charge in [-0.05, 0) is 6.07 Å². The molecular weight excluding hydrogens is 202 g/mol. The molecule has 3 heteroatoms. The van der Waals surface area contributed by atoms with Crippen molar-refractivity contribution in [3.63, 3.8) is 0 Å². The van der Waals surface area contributed by atoms with Crippen LogP contribution < -0.4 is 0 Å². The van der Waals surface area contributed by atoms with Crippen molar-refractivity contribution in [1.29, 1.82) is 0 Å². The van der Waals surface area contributed by atoms with Crippen molar-refractivity contribution >= 4 is 12.6 Å². The highest BCUT2D eigenvalue weighted by atomic mass is 32.1. The normalized spacial score (nSPS) is 9.71. The maximum atomic E-state index is 12.5. The Hall–Kier alpha value is -1.01. The Morgan fingerprint density at radius 1 is 1.29 bits per heavy atom. The highest BCUT2D eigenvalue weighted by Gasteiger charge is 2.09. The molecule has 0 spiro atoms. The van der Waals surface area contributed by atoms with Gasteiger partial charge >= 0.3 is 0 Å². The van der Waals surface area contributed by atoms with Crippen LogP contribution in [-0.4, -0.2) is 5.75 Å². The number of rotatable bonds is 2. The molecular formula is C11H10F2S. The molecule has 0 fully saturated rings. The Morgan fingerprint density at radius 2 is 2.00 bits per heavy atom. The SMILES string of the molecule is FC(F)c1ccccc1C#CCCS. The summed E-state index contributed by atoms with van der Waals surface area (Å²) < 4.78 is 24.9. The lowest BCUT2D eigenvalue weighted by Crippen LogP contribution is -1.89. The van der Waals surface area contributed by atoms with Crippen LogP contribution in [0, 0.1) is 11.8 Å². The lowest BCUT2D eigenvalue weighted by Gasteiger charge is -2.01. The predicted molar refractivity (Wildman–Crippen MR) is 56.7 cm³/mol. The van der Waals surface area contributed by atoms with Crippen LogP contribution in [0.4, 0.5) is 8.78 Å². The smallest absolute Gasteiger partial charge is 0.205 e. The van der Waals surface area contributed by atoms with E-state index < -0.39 is 6.43 Å². The molecule has 0 aliphatic carbocycles. The molecule has 1 aromatic rings. The van der Waals surface area contributed by atoms with Gasteiger partial charge in [0.05, 0.1) is 0 Å². The fourth-order valence-corrected chi connectivity index (χ4v) is 1.13. The van der Waals surface area contributed by atoms with Crippen LogP contribution in [0.2, 0.25) is 0 Å². The van der Waals surface area contributed by atoms with Gasteiger partial charge in [0, 0.05) is 23.3 Å². The molecule has 1 aromatic carbocycles. The van der Waals surface area contributed by atoms with E-state index in [9.17, 15) is 8.78 Å². The van der Waals surface area contributed by atoms with E-state index in [4.69, 9.17) is 0 Å². The largest absolute Gasteiger partial charge is 0.265 e. The van der Waals surface area contributed by atoms with E-state index in [2.05, 4.69) is 24.5 Å². The van der Waals surface area contributed by atoms with Gasteiger partial charge in [-0.2, -0.15) is 12.6 Å². The zero-order valence-corrected chi connectivity index (χ0v) is 8.40. The van der Waals surface area contributed by atoms with Crippen molar-refractivity contribution < 1.29 is 8.78 Å². The minimum absolute atomic E-state index is 0.000774. The fraction of sp³-hybridized carbons (Fsp3) is 0.273. The number of hydrogen-bond donors (Lipinski definition) is 1. The first-order valence-electron chi connectivity index (χ1n) is 4.22. The Kier molecular flexibility index (Phi) is 4.48. The van der Waals surface area contributed by atoms with Crippen molar-refractivity contribution in [3.8, 4) is 11.8 Å². The third-order valence-electron chi connectivity index (χ3n) is 1.66. The number of halogens is 2. The van der Waals surface area contributed by atoms with Crippen LogP contribution in [0.3, 0.4) is 0 Å². The maximum absolute atomic E-state index is 12.5. The van der Waals surface area contributed by atoms with E-state index in [0.717, 1.165) is 0 Å². The average Bonchev–Trinajstić information content (AvgIpc) is 2.19. The van der Waals surface area contributed by atoms with E-state index in [0.29, 0.717) is 17.7 Å². The Morgan fingerprint density at radius 3 is 2.64 bits per heavy atom. The van der Waals surface area contributed by atoms with Gasteiger partial charge < -0.3 is 0 Å². The number of alkyl halides is 2. The van der Waals surface area contributed by atoms with E-state index in [1.54, 1.807) is 18.2 Å². The van der Waals surface area contributed by atoms with Crippen molar-refractivity contribution in [2.75, 3.05) is 5.75 Å². The zero-order valence-electron chi connectivity index (χ0n) is 7.50. The molecule has 0 aromatic heterocycles. The summed E-state index contributed by atoms with van der Waals surface area (Å²) in [6.07, 6.45) is -1.85. The molecule has 0 unspecified atom stereocenters. The molecule has 0 nitrogen and oxygen atoms in total. The molecule has 0 aliphatic rings. The molecule has 0 N–H and O–H groups in total. The second-order valence-electron chi connectivity index (χ2n) is 2.66. The zero-order chi connectivity index (χ0) is 10.4. The van der Waals surface area contributed by atoms with Gasteiger partial charge in [-0.25, -0.2) is 8.78 Å².